The molecule has 0 bridgehead atoms. The molecule has 1 unspecified atom stereocenters. The average Bonchev–Trinajstić information content (AvgIpc) is 3.26. The van der Waals surface area contributed by atoms with E-state index in [0.29, 0.717) is 19.0 Å². The third kappa shape index (κ3) is 5.48. The highest BCUT2D eigenvalue weighted by Crippen LogP contribution is 2.24. The Balaban J connectivity index is 1.88. The van der Waals surface area contributed by atoms with Crippen LogP contribution in [-0.2, 0) is 9.84 Å². The second-order valence-electron chi connectivity index (χ2n) is 7.59. The molecule has 26 heavy (non-hydrogen) atoms. The number of rotatable bonds is 7. The summed E-state index contributed by atoms with van der Waals surface area (Å²) in [5, 5.41) is 6.40. The van der Waals surface area contributed by atoms with Crippen LogP contribution in [0.4, 0.5) is 0 Å². The Hall–Kier alpha value is -1.54. The molecule has 0 aliphatic carbocycles. The van der Waals surface area contributed by atoms with Gasteiger partial charge in [-0.25, -0.2) is 8.42 Å². The van der Waals surface area contributed by atoms with Crippen molar-refractivity contribution in [2.45, 2.75) is 44.4 Å². The monoisotopic (exact) mass is 384 g/mol. The van der Waals surface area contributed by atoms with Crippen LogP contribution in [0.1, 0.15) is 45.4 Å². The molecule has 1 aliphatic rings. The molecule has 1 aromatic heterocycles. The quantitative estimate of drug-likeness (QED) is 0.551. The van der Waals surface area contributed by atoms with Gasteiger partial charge in [-0.2, -0.15) is 0 Å². The predicted molar refractivity (Wildman–Crippen MR) is 105 cm³/mol. The van der Waals surface area contributed by atoms with E-state index in [1.165, 1.54) is 12.8 Å². The van der Waals surface area contributed by atoms with Gasteiger partial charge in [0.05, 0.1) is 22.8 Å². The van der Waals surface area contributed by atoms with E-state index in [4.69, 9.17) is 4.42 Å². The number of sulfone groups is 1. The molecular formula is C18H32N4O3S. The number of furan rings is 1. The summed E-state index contributed by atoms with van der Waals surface area (Å²) in [4.78, 5) is 6.61. The number of aliphatic imine (C=N–C) groups is 1. The molecule has 0 amide bonds. The largest absolute Gasteiger partial charge is 0.468 e. The van der Waals surface area contributed by atoms with E-state index in [-0.39, 0.29) is 11.8 Å². The van der Waals surface area contributed by atoms with Gasteiger partial charge in [-0.15, -0.1) is 0 Å². The highest BCUT2D eigenvalue weighted by Gasteiger charge is 2.28. The van der Waals surface area contributed by atoms with Crippen LogP contribution in [-0.4, -0.2) is 63.0 Å². The number of nitrogens with zero attached hydrogens (tertiary/aromatic N) is 2. The van der Waals surface area contributed by atoms with Crippen molar-refractivity contribution in [3.05, 3.63) is 24.2 Å². The van der Waals surface area contributed by atoms with Crippen molar-refractivity contribution in [1.29, 1.82) is 0 Å². The lowest BCUT2D eigenvalue weighted by Gasteiger charge is -2.27. The minimum Gasteiger partial charge on any atom is -0.468 e. The first kappa shape index (κ1) is 20.8. The van der Waals surface area contributed by atoms with Gasteiger partial charge in [-0.3, -0.25) is 9.89 Å². The van der Waals surface area contributed by atoms with Crippen LogP contribution in [0, 0.1) is 0 Å². The molecule has 1 fully saturated rings. The van der Waals surface area contributed by atoms with Crippen molar-refractivity contribution >= 4 is 15.8 Å². The Kier molecular flexibility index (Phi) is 7.11. The Labute approximate surface area is 157 Å². The summed E-state index contributed by atoms with van der Waals surface area (Å²) in [7, 11) is -1.46. The van der Waals surface area contributed by atoms with Crippen LogP contribution in [0.15, 0.2) is 27.8 Å². The van der Waals surface area contributed by atoms with Crippen LogP contribution >= 0.6 is 0 Å². The van der Waals surface area contributed by atoms with E-state index in [1.807, 2.05) is 12.1 Å². The first-order chi connectivity index (χ1) is 12.2. The van der Waals surface area contributed by atoms with Crippen molar-refractivity contribution < 1.29 is 12.8 Å². The smallest absolute Gasteiger partial charge is 0.191 e. The maximum absolute atomic E-state index is 12.2. The fourth-order valence-electron chi connectivity index (χ4n) is 2.97. The van der Waals surface area contributed by atoms with E-state index in [2.05, 4.69) is 20.5 Å². The number of guanidine groups is 1. The topological polar surface area (TPSA) is 86.9 Å². The average molecular weight is 385 g/mol. The molecule has 2 rings (SSSR count). The van der Waals surface area contributed by atoms with Crippen LogP contribution in [0.2, 0.25) is 0 Å². The van der Waals surface area contributed by atoms with Crippen molar-refractivity contribution in [3.63, 3.8) is 0 Å². The SMILES string of the molecule is CN=C(NCCS(=O)(=O)C(C)(C)C)NCC(c1ccco1)N1CCCC1. The summed E-state index contributed by atoms with van der Waals surface area (Å²) in [6.07, 6.45) is 4.10. The summed E-state index contributed by atoms with van der Waals surface area (Å²) in [6, 6.07) is 4.05. The van der Waals surface area contributed by atoms with Gasteiger partial charge in [0, 0.05) is 20.1 Å². The Bertz CT molecular complexity index is 672. The maximum Gasteiger partial charge on any atom is 0.191 e. The molecule has 1 atom stereocenters. The lowest BCUT2D eigenvalue weighted by atomic mass is 10.2. The zero-order valence-electron chi connectivity index (χ0n) is 16.3. The molecule has 7 nitrogen and oxygen atoms in total. The van der Waals surface area contributed by atoms with Gasteiger partial charge < -0.3 is 15.1 Å². The number of likely N-dealkylation sites (tertiary alicyclic amines) is 1. The van der Waals surface area contributed by atoms with E-state index < -0.39 is 14.6 Å². The second kappa shape index (κ2) is 8.90. The summed E-state index contributed by atoms with van der Waals surface area (Å²) >= 11 is 0. The van der Waals surface area contributed by atoms with Gasteiger partial charge in [0.25, 0.3) is 0 Å². The van der Waals surface area contributed by atoms with Crippen molar-refractivity contribution in [3.8, 4) is 0 Å². The Morgan fingerprint density at radius 1 is 1.31 bits per heavy atom. The molecule has 0 saturated carbocycles. The van der Waals surface area contributed by atoms with Gasteiger partial charge >= 0.3 is 0 Å². The number of hydrogen-bond acceptors (Lipinski definition) is 5. The number of hydrogen-bond donors (Lipinski definition) is 2. The highest BCUT2D eigenvalue weighted by atomic mass is 32.2. The standard InChI is InChI=1S/C18H32N4O3S/c1-18(2,3)26(23,24)13-9-20-17(19-4)21-14-15(16-8-7-12-25-16)22-10-5-6-11-22/h7-8,12,15H,5-6,9-11,13-14H2,1-4H3,(H2,19,20,21). The zero-order chi connectivity index (χ0) is 19.2. The van der Waals surface area contributed by atoms with Gasteiger partial charge in [0.1, 0.15) is 5.76 Å². The normalized spacial score (nSPS) is 18.1. The maximum atomic E-state index is 12.2. The molecule has 148 valence electrons. The molecule has 8 heteroatoms. The highest BCUT2D eigenvalue weighted by molar-refractivity contribution is 7.92. The van der Waals surface area contributed by atoms with Gasteiger partial charge in [-0.05, 0) is 58.8 Å². The van der Waals surface area contributed by atoms with Crippen LogP contribution in [0.25, 0.3) is 0 Å². The molecule has 2 N–H and O–H groups in total. The summed E-state index contributed by atoms with van der Waals surface area (Å²) < 4.78 is 29.3. The predicted octanol–water partition coefficient (Wildman–Crippen LogP) is 1.79. The van der Waals surface area contributed by atoms with Crippen LogP contribution < -0.4 is 10.6 Å². The molecule has 0 spiro atoms. The van der Waals surface area contributed by atoms with E-state index >= 15 is 0 Å². The first-order valence-electron chi connectivity index (χ1n) is 9.19. The lowest BCUT2D eigenvalue weighted by molar-refractivity contribution is 0.215. The van der Waals surface area contributed by atoms with Crippen molar-refractivity contribution in [1.82, 2.24) is 15.5 Å². The molecule has 1 aliphatic heterocycles. The first-order valence-corrected chi connectivity index (χ1v) is 10.8. The molecule has 2 heterocycles. The summed E-state index contributed by atoms with van der Waals surface area (Å²) in [5.41, 5.74) is 0. The third-order valence-corrected chi connectivity index (χ3v) is 7.34. The van der Waals surface area contributed by atoms with Crippen molar-refractivity contribution in [2.24, 2.45) is 4.99 Å². The Morgan fingerprint density at radius 2 is 2.00 bits per heavy atom. The zero-order valence-corrected chi connectivity index (χ0v) is 17.1. The van der Waals surface area contributed by atoms with E-state index in [1.54, 1.807) is 34.1 Å². The minimum absolute atomic E-state index is 0.0743. The third-order valence-electron chi connectivity index (χ3n) is 4.74. The second-order valence-corrected chi connectivity index (χ2v) is 10.4. The number of nitrogens with one attached hydrogen (secondary N) is 2. The van der Waals surface area contributed by atoms with Crippen LogP contribution in [0.5, 0.6) is 0 Å². The lowest BCUT2D eigenvalue weighted by Crippen LogP contribution is -2.44. The van der Waals surface area contributed by atoms with Gasteiger partial charge in [0.15, 0.2) is 15.8 Å². The van der Waals surface area contributed by atoms with Gasteiger partial charge in [0.2, 0.25) is 0 Å². The summed E-state index contributed by atoms with van der Waals surface area (Å²) in [5.74, 6) is 1.61. The van der Waals surface area contributed by atoms with E-state index in [0.717, 1.165) is 18.8 Å². The fourth-order valence-corrected chi connectivity index (χ4v) is 3.95. The summed E-state index contributed by atoms with van der Waals surface area (Å²) in [6.45, 7) is 8.26. The minimum atomic E-state index is -3.15. The molecule has 0 radical (unpaired) electrons. The molecule has 0 aromatic carbocycles. The molecule has 1 aromatic rings. The molecular weight excluding hydrogens is 352 g/mol. The van der Waals surface area contributed by atoms with E-state index in [9.17, 15) is 8.42 Å². The molecule has 1 saturated heterocycles. The Morgan fingerprint density at radius 3 is 2.54 bits per heavy atom. The van der Waals surface area contributed by atoms with Gasteiger partial charge in [-0.1, -0.05) is 0 Å². The fraction of sp³-hybridized carbons (Fsp3) is 0.722. The van der Waals surface area contributed by atoms with Crippen LogP contribution in [0.3, 0.4) is 0 Å². The van der Waals surface area contributed by atoms with Crippen molar-refractivity contribution in [2.75, 3.05) is 39.0 Å².